The molecule has 1 amide bonds. The maximum atomic E-state index is 12.6. The van der Waals surface area contributed by atoms with E-state index < -0.39 is 0 Å². The molecule has 20 heavy (non-hydrogen) atoms. The predicted octanol–water partition coefficient (Wildman–Crippen LogP) is 2.47. The van der Waals surface area contributed by atoms with E-state index in [1.807, 2.05) is 30.1 Å². The molecule has 0 aliphatic carbocycles. The number of benzene rings is 1. The van der Waals surface area contributed by atoms with Gasteiger partial charge in [0.1, 0.15) is 0 Å². The highest BCUT2D eigenvalue weighted by atomic mass is 16.2. The summed E-state index contributed by atoms with van der Waals surface area (Å²) in [7, 11) is 1.91. The monoisotopic (exact) mass is 274 g/mol. The average molecular weight is 274 g/mol. The van der Waals surface area contributed by atoms with Gasteiger partial charge in [0.2, 0.25) is 5.91 Å². The lowest BCUT2D eigenvalue weighted by Crippen LogP contribution is -2.56. The SMILES string of the molecule is CN(CCc1ccccc1)C(=O)C1NCCCC1(C)C. The van der Waals surface area contributed by atoms with Crippen LogP contribution in [-0.4, -0.2) is 37.0 Å². The second-order valence-corrected chi connectivity index (χ2v) is 6.47. The van der Waals surface area contributed by atoms with E-state index in [-0.39, 0.29) is 17.4 Å². The zero-order chi connectivity index (χ0) is 14.6. The van der Waals surface area contributed by atoms with E-state index in [1.54, 1.807) is 0 Å². The number of carbonyl (C=O) groups excluding carboxylic acids is 1. The van der Waals surface area contributed by atoms with Crippen LogP contribution in [0, 0.1) is 5.41 Å². The number of nitrogens with one attached hydrogen (secondary N) is 1. The van der Waals surface area contributed by atoms with Gasteiger partial charge in [-0.15, -0.1) is 0 Å². The zero-order valence-corrected chi connectivity index (χ0v) is 12.9. The minimum absolute atomic E-state index is 0.0444. The zero-order valence-electron chi connectivity index (χ0n) is 12.9. The van der Waals surface area contributed by atoms with E-state index in [4.69, 9.17) is 0 Å². The molecule has 1 aliphatic heterocycles. The van der Waals surface area contributed by atoms with Crippen molar-refractivity contribution in [1.29, 1.82) is 0 Å². The molecule has 0 aromatic heterocycles. The molecule has 0 spiro atoms. The number of hydrogen-bond donors (Lipinski definition) is 1. The largest absolute Gasteiger partial charge is 0.344 e. The topological polar surface area (TPSA) is 32.3 Å². The molecule has 1 fully saturated rings. The Kier molecular flexibility index (Phi) is 4.81. The first-order valence-electron chi connectivity index (χ1n) is 7.53. The number of hydrogen-bond acceptors (Lipinski definition) is 2. The number of likely N-dealkylation sites (N-methyl/N-ethyl adjacent to an activating group) is 1. The molecule has 110 valence electrons. The number of rotatable bonds is 4. The van der Waals surface area contributed by atoms with Crippen LogP contribution in [0.4, 0.5) is 0 Å². The van der Waals surface area contributed by atoms with Gasteiger partial charge in [-0.25, -0.2) is 0 Å². The van der Waals surface area contributed by atoms with Crippen molar-refractivity contribution in [1.82, 2.24) is 10.2 Å². The Bertz CT molecular complexity index is 442. The van der Waals surface area contributed by atoms with Crippen molar-refractivity contribution in [2.24, 2.45) is 5.41 Å². The van der Waals surface area contributed by atoms with Crippen LogP contribution in [0.25, 0.3) is 0 Å². The van der Waals surface area contributed by atoms with Crippen molar-refractivity contribution in [2.75, 3.05) is 20.1 Å². The van der Waals surface area contributed by atoms with Crippen LogP contribution in [0.3, 0.4) is 0 Å². The summed E-state index contributed by atoms with van der Waals surface area (Å²) in [5, 5.41) is 3.40. The van der Waals surface area contributed by atoms with Crippen molar-refractivity contribution >= 4 is 5.91 Å². The van der Waals surface area contributed by atoms with Gasteiger partial charge in [0.25, 0.3) is 0 Å². The summed E-state index contributed by atoms with van der Waals surface area (Å²) >= 11 is 0. The smallest absolute Gasteiger partial charge is 0.240 e. The Morgan fingerprint density at radius 3 is 2.70 bits per heavy atom. The summed E-state index contributed by atoms with van der Waals surface area (Å²) < 4.78 is 0. The Hall–Kier alpha value is -1.35. The molecule has 1 unspecified atom stereocenters. The molecule has 1 aromatic carbocycles. The van der Waals surface area contributed by atoms with Gasteiger partial charge in [0.05, 0.1) is 6.04 Å². The molecule has 3 nitrogen and oxygen atoms in total. The highest BCUT2D eigenvalue weighted by Gasteiger charge is 2.38. The van der Waals surface area contributed by atoms with Crippen LogP contribution in [0.15, 0.2) is 30.3 Å². The Balaban J connectivity index is 1.91. The molecule has 1 N–H and O–H groups in total. The first kappa shape index (κ1) is 15.0. The number of carbonyl (C=O) groups is 1. The van der Waals surface area contributed by atoms with E-state index in [0.29, 0.717) is 0 Å². The lowest BCUT2D eigenvalue weighted by Gasteiger charge is -2.40. The van der Waals surface area contributed by atoms with E-state index in [1.165, 1.54) is 5.56 Å². The summed E-state index contributed by atoms with van der Waals surface area (Å²) in [6.45, 7) is 6.10. The fourth-order valence-corrected chi connectivity index (χ4v) is 2.90. The van der Waals surface area contributed by atoms with Crippen molar-refractivity contribution in [3.63, 3.8) is 0 Å². The summed E-state index contributed by atoms with van der Waals surface area (Å²) in [6.07, 6.45) is 3.18. The van der Waals surface area contributed by atoms with Gasteiger partial charge < -0.3 is 10.2 Å². The lowest BCUT2D eigenvalue weighted by molar-refractivity contribution is -0.136. The Labute approximate surface area is 122 Å². The molecule has 1 heterocycles. The molecular weight excluding hydrogens is 248 g/mol. The molecule has 0 radical (unpaired) electrons. The van der Waals surface area contributed by atoms with Gasteiger partial charge in [-0.1, -0.05) is 44.2 Å². The molecular formula is C17H26N2O. The van der Waals surface area contributed by atoms with Crippen LogP contribution in [0.1, 0.15) is 32.3 Å². The van der Waals surface area contributed by atoms with Crippen LogP contribution in [-0.2, 0) is 11.2 Å². The quantitative estimate of drug-likeness (QED) is 0.915. The molecule has 1 aromatic rings. The Morgan fingerprint density at radius 1 is 1.35 bits per heavy atom. The number of amides is 1. The van der Waals surface area contributed by atoms with Crippen LogP contribution in [0.5, 0.6) is 0 Å². The normalized spacial score (nSPS) is 21.4. The minimum atomic E-state index is -0.0444. The van der Waals surface area contributed by atoms with E-state index in [9.17, 15) is 4.79 Å². The van der Waals surface area contributed by atoms with E-state index in [2.05, 4.69) is 31.3 Å². The summed E-state index contributed by atoms with van der Waals surface area (Å²) in [4.78, 5) is 14.5. The number of nitrogens with zero attached hydrogens (tertiary/aromatic N) is 1. The summed E-state index contributed by atoms with van der Waals surface area (Å²) in [5.41, 5.74) is 1.33. The molecule has 0 bridgehead atoms. The second kappa shape index (κ2) is 6.40. The first-order chi connectivity index (χ1) is 9.50. The van der Waals surface area contributed by atoms with Crippen molar-refractivity contribution in [3.05, 3.63) is 35.9 Å². The van der Waals surface area contributed by atoms with Crippen molar-refractivity contribution in [3.8, 4) is 0 Å². The Morgan fingerprint density at radius 2 is 2.05 bits per heavy atom. The molecule has 1 saturated heterocycles. The molecule has 2 rings (SSSR count). The maximum Gasteiger partial charge on any atom is 0.240 e. The maximum absolute atomic E-state index is 12.6. The van der Waals surface area contributed by atoms with Gasteiger partial charge in [0, 0.05) is 13.6 Å². The fourth-order valence-electron chi connectivity index (χ4n) is 2.90. The third-order valence-electron chi connectivity index (χ3n) is 4.33. The molecule has 1 aliphatic rings. The van der Waals surface area contributed by atoms with Gasteiger partial charge >= 0.3 is 0 Å². The van der Waals surface area contributed by atoms with Crippen LogP contribution >= 0.6 is 0 Å². The fraction of sp³-hybridized carbons (Fsp3) is 0.588. The molecule has 1 atom stereocenters. The predicted molar refractivity (Wildman–Crippen MR) is 82.6 cm³/mol. The first-order valence-corrected chi connectivity index (χ1v) is 7.53. The van der Waals surface area contributed by atoms with Crippen molar-refractivity contribution < 1.29 is 4.79 Å². The standard InChI is InChI=1S/C17H26N2O/c1-17(2)11-7-12-18-15(17)16(20)19(3)13-10-14-8-5-4-6-9-14/h4-6,8-9,15,18H,7,10-13H2,1-3H3. The van der Waals surface area contributed by atoms with Gasteiger partial charge in [0.15, 0.2) is 0 Å². The van der Waals surface area contributed by atoms with E-state index in [0.717, 1.165) is 32.4 Å². The minimum Gasteiger partial charge on any atom is -0.344 e. The van der Waals surface area contributed by atoms with Gasteiger partial charge in [-0.05, 0) is 36.8 Å². The van der Waals surface area contributed by atoms with E-state index >= 15 is 0 Å². The van der Waals surface area contributed by atoms with Gasteiger partial charge in [-0.2, -0.15) is 0 Å². The van der Waals surface area contributed by atoms with Crippen LogP contribution < -0.4 is 5.32 Å². The second-order valence-electron chi connectivity index (χ2n) is 6.47. The third kappa shape index (κ3) is 3.60. The third-order valence-corrected chi connectivity index (χ3v) is 4.33. The van der Waals surface area contributed by atoms with Gasteiger partial charge in [-0.3, -0.25) is 4.79 Å². The molecule has 0 saturated carbocycles. The summed E-state index contributed by atoms with van der Waals surface area (Å²) in [5.74, 6) is 0.227. The molecule has 3 heteroatoms. The number of piperidine rings is 1. The highest BCUT2D eigenvalue weighted by Crippen LogP contribution is 2.30. The summed E-state index contributed by atoms with van der Waals surface area (Å²) in [6, 6.07) is 10.3. The van der Waals surface area contributed by atoms with Crippen LogP contribution in [0.2, 0.25) is 0 Å². The highest BCUT2D eigenvalue weighted by molar-refractivity contribution is 5.82. The average Bonchev–Trinajstić information content (AvgIpc) is 2.44. The van der Waals surface area contributed by atoms with Crippen molar-refractivity contribution in [2.45, 2.75) is 39.2 Å². The lowest BCUT2D eigenvalue weighted by atomic mass is 9.77.